The van der Waals surface area contributed by atoms with Crippen LogP contribution in [0.25, 0.3) is 16.7 Å². The Morgan fingerprint density at radius 1 is 1.20 bits per heavy atom. The quantitative estimate of drug-likeness (QED) is 0.711. The highest BCUT2D eigenvalue weighted by Gasteiger charge is 2.30. The summed E-state index contributed by atoms with van der Waals surface area (Å²) >= 11 is 0. The molecule has 3 heterocycles. The molecule has 4 rings (SSSR count). The van der Waals surface area contributed by atoms with Gasteiger partial charge < -0.3 is 15.0 Å². The Kier molecular flexibility index (Phi) is 5.32. The van der Waals surface area contributed by atoms with E-state index in [2.05, 4.69) is 32.2 Å². The van der Waals surface area contributed by atoms with Crippen LogP contribution in [-0.2, 0) is 4.74 Å². The minimum atomic E-state index is -0.498. The second kappa shape index (κ2) is 7.93. The van der Waals surface area contributed by atoms with Gasteiger partial charge in [0.2, 0.25) is 0 Å². The molecule has 2 atom stereocenters. The van der Waals surface area contributed by atoms with Crippen molar-refractivity contribution >= 4 is 22.9 Å². The van der Waals surface area contributed by atoms with E-state index in [4.69, 9.17) is 4.74 Å². The number of carbonyl (C=O) groups is 1. The van der Waals surface area contributed by atoms with Crippen LogP contribution in [0, 0.1) is 0 Å². The number of aromatic nitrogens is 4. The van der Waals surface area contributed by atoms with Gasteiger partial charge in [0.05, 0.1) is 17.3 Å². The molecule has 8 nitrogen and oxygen atoms in total. The maximum absolute atomic E-state index is 12.1. The number of para-hydroxylation sites is 1. The van der Waals surface area contributed by atoms with Crippen molar-refractivity contribution in [2.75, 3.05) is 11.4 Å². The van der Waals surface area contributed by atoms with E-state index in [-0.39, 0.29) is 18.2 Å². The SMILES string of the molecule is CC1CC(NC(=O)OC(C)(C)C)CCN1c1ncnc2c1cnn2-c1ccccc1. The van der Waals surface area contributed by atoms with Gasteiger partial charge in [-0.1, -0.05) is 18.2 Å². The number of nitrogens with one attached hydrogen (secondary N) is 1. The van der Waals surface area contributed by atoms with Crippen molar-refractivity contribution in [3.63, 3.8) is 0 Å². The molecule has 0 radical (unpaired) electrons. The van der Waals surface area contributed by atoms with Crippen LogP contribution in [0.5, 0.6) is 0 Å². The molecule has 158 valence electrons. The third kappa shape index (κ3) is 4.22. The summed E-state index contributed by atoms with van der Waals surface area (Å²) < 4.78 is 7.23. The van der Waals surface area contributed by atoms with Crippen molar-refractivity contribution in [1.82, 2.24) is 25.1 Å². The fourth-order valence-electron chi connectivity index (χ4n) is 3.91. The van der Waals surface area contributed by atoms with Gasteiger partial charge in [-0.25, -0.2) is 19.4 Å². The number of carbonyl (C=O) groups excluding carboxylic acids is 1. The van der Waals surface area contributed by atoms with Gasteiger partial charge in [0.1, 0.15) is 17.7 Å². The van der Waals surface area contributed by atoms with Gasteiger partial charge >= 0.3 is 6.09 Å². The van der Waals surface area contributed by atoms with Crippen molar-refractivity contribution in [2.24, 2.45) is 0 Å². The largest absolute Gasteiger partial charge is 0.444 e. The van der Waals surface area contributed by atoms with E-state index in [0.29, 0.717) is 0 Å². The zero-order valence-corrected chi connectivity index (χ0v) is 17.9. The van der Waals surface area contributed by atoms with E-state index in [1.807, 2.05) is 62.0 Å². The zero-order chi connectivity index (χ0) is 21.3. The second-order valence-electron chi connectivity index (χ2n) is 8.74. The third-order valence-electron chi connectivity index (χ3n) is 5.21. The van der Waals surface area contributed by atoms with Crippen molar-refractivity contribution in [3.05, 3.63) is 42.9 Å². The summed E-state index contributed by atoms with van der Waals surface area (Å²) in [5.74, 6) is 0.880. The van der Waals surface area contributed by atoms with Crippen molar-refractivity contribution in [3.8, 4) is 5.69 Å². The fourth-order valence-corrected chi connectivity index (χ4v) is 3.91. The van der Waals surface area contributed by atoms with E-state index in [9.17, 15) is 4.79 Å². The lowest BCUT2D eigenvalue weighted by atomic mass is 9.98. The molecule has 1 amide bonds. The highest BCUT2D eigenvalue weighted by atomic mass is 16.6. The number of alkyl carbamates (subject to hydrolysis) is 1. The summed E-state index contributed by atoms with van der Waals surface area (Å²) in [5, 5.41) is 8.47. The molecule has 1 N–H and O–H groups in total. The maximum Gasteiger partial charge on any atom is 0.407 e. The molecule has 3 aromatic rings. The maximum atomic E-state index is 12.1. The Morgan fingerprint density at radius 2 is 1.97 bits per heavy atom. The molecule has 2 aromatic heterocycles. The van der Waals surface area contributed by atoms with Crippen molar-refractivity contribution in [1.29, 1.82) is 0 Å². The Morgan fingerprint density at radius 3 is 2.67 bits per heavy atom. The van der Waals surface area contributed by atoms with Crippen LogP contribution < -0.4 is 10.2 Å². The summed E-state index contributed by atoms with van der Waals surface area (Å²) in [6.45, 7) is 8.54. The highest BCUT2D eigenvalue weighted by molar-refractivity contribution is 5.87. The summed E-state index contributed by atoms with van der Waals surface area (Å²) in [5.41, 5.74) is 1.25. The number of piperidine rings is 1. The van der Waals surface area contributed by atoms with E-state index >= 15 is 0 Å². The molecular formula is C22H28N6O2. The average molecular weight is 409 g/mol. The van der Waals surface area contributed by atoms with Gasteiger partial charge in [0, 0.05) is 18.6 Å². The summed E-state index contributed by atoms with van der Waals surface area (Å²) in [6.07, 6.45) is 4.70. The van der Waals surface area contributed by atoms with Crippen LogP contribution in [0.3, 0.4) is 0 Å². The predicted molar refractivity (Wildman–Crippen MR) is 116 cm³/mol. The molecule has 0 bridgehead atoms. The number of hydrogen-bond acceptors (Lipinski definition) is 6. The van der Waals surface area contributed by atoms with Gasteiger partial charge in [-0.3, -0.25) is 0 Å². The smallest absolute Gasteiger partial charge is 0.407 e. The molecule has 0 spiro atoms. The number of hydrogen-bond donors (Lipinski definition) is 1. The topological polar surface area (TPSA) is 85.2 Å². The van der Waals surface area contributed by atoms with Crippen LogP contribution in [0.2, 0.25) is 0 Å². The number of fused-ring (bicyclic) bond motifs is 1. The molecule has 30 heavy (non-hydrogen) atoms. The lowest BCUT2D eigenvalue weighted by molar-refractivity contribution is 0.0494. The van der Waals surface area contributed by atoms with Gasteiger partial charge in [0.15, 0.2) is 5.65 Å². The summed E-state index contributed by atoms with van der Waals surface area (Å²) in [7, 11) is 0. The van der Waals surface area contributed by atoms with Crippen molar-refractivity contribution < 1.29 is 9.53 Å². The first-order chi connectivity index (χ1) is 14.3. The normalized spacial score (nSPS) is 19.7. The highest BCUT2D eigenvalue weighted by Crippen LogP contribution is 2.29. The average Bonchev–Trinajstić information content (AvgIpc) is 3.12. The minimum absolute atomic E-state index is 0.0791. The van der Waals surface area contributed by atoms with Gasteiger partial charge in [-0.2, -0.15) is 5.10 Å². The Labute approximate surface area is 176 Å². The van der Waals surface area contributed by atoms with Gasteiger partial charge in [-0.15, -0.1) is 0 Å². The summed E-state index contributed by atoms with van der Waals surface area (Å²) in [6, 6.07) is 10.2. The molecule has 8 heteroatoms. The lowest BCUT2D eigenvalue weighted by Crippen LogP contribution is -2.50. The number of rotatable bonds is 3. The monoisotopic (exact) mass is 408 g/mol. The fraction of sp³-hybridized carbons (Fsp3) is 0.455. The zero-order valence-electron chi connectivity index (χ0n) is 17.9. The summed E-state index contributed by atoms with van der Waals surface area (Å²) in [4.78, 5) is 23.4. The number of nitrogens with zero attached hydrogens (tertiary/aromatic N) is 5. The van der Waals surface area contributed by atoms with E-state index < -0.39 is 5.60 Å². The van der Waals surface area contributed by atoms with Crippen LogP contribution in [0.1, 0.15) is 40.5 Å². The number of amides is 1. The molecule has 1 aliphatic rings. The van der Waals surface area contributed by atoms with Crippen molar-refractivity contribution in [2.45, 2.75) is 58.2 Å². The lowest BCUT2D eigenvalue weighted by Gasteiger charge is -2.39. The first-order valence-corrected chi connectivity index (χ1v) is 10.3. The molecular weight excluding hydrogens is 380 g/mol. The number of benzene rings is 1. The van der Waals surface area contributed by atoms with Gasteiger partial charge in [-0.05, 0) is 52.7 Å². The molecule has 1 fully saturated rings. The molecule has 1 saturated heterocycles. The Bertz CT molecular complexity index is 1030. The Balaban J connectivity index is 1.52. The number of anilines is 1. The third-order valence-corrected chi connectivity index (χ3v) is 5.21. The number of ether oxygens (including phenoxy) is 1. The predicted octanol–water partition coefficient (Wildman–Crippen LogP) is 3.70. The minimum Gasteiger partial charge on any atom is -0.444 e. The molecule has 0 aliphatic carbocycles. The van der Waals surface area contributed by atoms with Crippen LogP contribution in [0.15, 0.2) is 42.9 Å². The second-order valence-corrected chi connectivity index (χ2v) is 8.74. The van der Waals surface area contributed by atoms with Crippen LogP contribution in [0.4, 0.5) is 10.6 Å². The van der Waals surface area contributed by atoms with Crippen LogP contribution in [-0.4, -0.2) is 50.1 Å². The molecule has 1 aromatic carbocycles. The first kappa shape index (κ1) is 20.1. The molecule has 1 aliphatic heterocycles. The Hall–Kier alpha value is -3.16. The molecule has 2 unspecified atom stereocenters. The van der Waals surface area contributed by atoms with E-state index in [0.717, 1.165) is 41.9 Å². The van der Waals surface area contributed by atoms with Crippen LogP contribution >= 0.6 is 0 Å². The van der Waals surface area contributed by atoms with E-state index in [1.54, 1.807) is 6.33 Å². The standard InChI is InChI=1S/C22H28N6O2/c1-15-12-16(26-21(29)30-22(2,3)4)10-11-27(15)19-18-13-25-28(20(18)24-14-23-19)17-8-6-5-7-9-17/h5-9,13-16H,10-12H2,1-4H3,(H,26,29). The van der Waals surface area contributed by atoms with E-state index in [1.165, 1.54) is 0 Å². The first-order valence-electron chi connectivity index (χ1n) is 10.3. The van der Waals surface area contributed by atoms with Gasteiger partial charge in [0.25, 0.3) is 0 Å². The molecule has 0 saturated carbocycles.